The summed E-state index contributed by atoms with van der Waals surface area (Å²) in [6.07, 6.45) is 1.77. The van der Waals surface area contributed by atoms with Gasteiger partial charge >= 0.3 is 5.97 Å². The number of aliphatic carboxylic acids is 1. The van der Waals surface area contributed by atoms with Crippen molar-refractivity contribution < 1.29 is 19.1 Å². The van der Waals surface area contributed by atoms with E-state index in [2.05, 4.69) is 0 Å². The molecule has 1 aromatic rings. The molecule has 1 N–H and O–H groups in total. The van der Waals surface area contributed by atoms with E-state index in [0.717, 1.165) is 6.42 Å². The molecule has 0 aliphatic carbocycles. The van der Waals surface area contributed by atoms with Crippen LogP contribution in [0.1, 0.15) is 24.1 Å². The first-order valence-electron chi connectivity index (χ1n) is 6.24. The van der Waals surface area contributed by atoms with Gasteiger partial charge in [-0.05, 0) is 24.3 Å². The van der Waals surface area contributed by atoms with Gasteiger partial charge < -0.3 is 10.0 Å². The Morgan fingerprint density at radius 2 is 2.32 bits per heavy atom. The maximum absolute atomic E-state index is 13.8. The van der Waals surface area contributed by atoms with Crippen LogP contribution in [0.4, 0.5) is 4.39 Å². The smallest absolute Gasteiger partial charge is 0.343 e. The molecule has 19 heavy (non-hydrogen) atoms. The van der Waals surface area contributed by atoms with Crippen molar-refractivity contribution in [3.63, 3.8) is 0 Å². The summed E-state index contributed by atoms with van der Waals surface area (Å²) in [7, 11) is 0. The first kappa shape index (κ1) is 14.0. The number of amides is 1. The fourth-order valence-electron chi connectivity index (χ4n) is 2.19. The van der Waals surface area contributed by atoms with Crippen LogP contribution >= 0.6 is 11.3 Å². The van der Waals surface area contributed by atoms with E-state index in [-0.39, 0.29) is 25.4 Å². The van der Waals surface area contributed by atoms with Gasteiger partial charge in [-0.3, -0.25) is 4.79 Å². The fourth-order valence-corrected chi connectivity index (χ4v) is 2.94. The topological polar surface area (TPSA) is 57.6 Å². The van der Waals surface area contributed by atoms with Crippen LogP contribution in [-0.2, 0) is 16.0 Å². The average Bonchev–Trinajstić information content (AvgIpc) is 2.99. The molecular weight excluding hydrogens is 269 g/mol. The summed E-state index contributed by atoms with van der Waals surface area (Å²) in [6.45, 7) is -0.124. The molecule has 1 unspecified atom stereocenters. The Morgan fingerprint density at radius 3 is 2.89 bits per heavy atom. The molecule has 0 aromatic carbocycles. The molecular formula is C13H16FNO3S. The number of carbonyl (C=O) groups excluding carboxylic acids is 1. The lowest BCUT2D eigenvalue weighted by Crippen LogP contribution is -2.38. The van der Waals surface area contributed by atoms with Crippen molar-refractivity contribution >= 4 is 23.2 Å². The van der Waals surface area contributed by atoms with Gasteiger partial charge in [-0.25, -0.2) is 9.18 Å². The van der Waals surface area contributed by atoms with Gasteiger partial charge in [-0.1, -0.05) is 6.07 Å². The maximum atomic E-state index is 13.8. The normalized spacial score (nSPS) is 22.7. The summed E-state index contributed by atoms with van der Waals surface area (Å²) in [5.41, 5.74) is -2.26. The quantitative estimate of drug-likeness (QED) is 0.901. The largest absolute Gasteiger partial charge is 0.479 e. The number of aryl methyl sites for hydroxylation is 1. The van der Waals surface area contributed by atoms with Crippen molar-refractivity contribution in [3.8, 4) is 0 Å². The molecule has 1 fully saturated rings. The van der Waals surface area contributed by atoms with E-state index in [1.165, 1.54) is 9.78 Å². The number of halogens is 1. The van der Waals surface area contributed by atoms with Gasteiger partial charge in [-0.15, -0.1) is 11.3 Å². The van der Waals surface area contributed by atoms with E-state index in [0.29, 0.717) is 12.8 Å². The Hall–Kier alpha value is -1.43. The van der Waals surface area contributed by atoms with E-state index in [4.69, 9.17) is 5.11 Å². The SMILES string of the molecule is O=C(CCCc1cccs1)N1CCC(F)(C(=O)O)C1. The number of rotatable bonds is 5. The predicted octanol–water partition coefficient (Wildman–Crippen LogP) is 2.10. The van der Waals surface area contributed by atoms with Gasteiger partial charge in [0.15, 0.2) is 0 Å². The molecule has 1 aliphatic heterocycles. The van der Waals surface area contributed by atoms with Crippen LogP contribution in [-0.4, -0.2) is 40.6 Å². The summed E-state index contributed by atoms with van der Waals surface area (Å²) in [4.78, 5) is 25.1. The Kier molecular flexibility index (Phi) is 4.19. The molecule has 0 saturated carbocycles. The lowest BCUT2D eigenvalue weighted by molar-refractivity contribution is -0.150. The molecule has 1 aliphatic rings. The molecule has 1 amide bonds. The highest BCUT2D eigenvalue weighted by Crippen LogP contribution is 2.26. The summed E-state index contributed by atoms with van der Waals surface area (Å²) >= 11 is 1.65. The lowest BCUT2D eigenvalue weighted by atomic mass is 10.1. The first-order valence-corrected chi connectivity index (χ1v) is 7.12. The van der Waals surface area contributed by atoms with Crippen LogP contribution in [0.3, 0.4) is 0 Å². The number of hydrogen-bond donors (Lipinski definition) is 1. The van der Waals surface area contributed by atoms with Crippen molar-refractivity contribution in [1.29, 1.82) is 0 Å². The Balaban J connectivity index is 1.77. The zero-order valence-electron chi connectivity index (χ0n) is 10.5. The minimum absolute atomic E-state index is 0.112. The minimum atomic E-state index is -2.26. The standard InChI is InChI=1S/C13H16FNO3S/c14-13(12(17)18)6-7-15(9-13)11(16)5-1-3-10-4-2-8-19-10/h2,4,8H,1,3,5-7,9H2,(H,17,18). The molecule has 0 radical (unpaired) electrons. The molecule has 104 valence electrons. The van der Waals surface area contributed by atoms with Crippen LogP contribution in [0.2, 0.25) is 0 Å². The van der Waals surface area contributed by atoms with Gasteiger partial charge in [0, 0.05) is 24.3 Å². The van der Waals surface area contributed by atoms with E-state index in [1.54, 1.807) is 11.3 Å². The van der Waals surface area contributed by atoms with Crippen molar-refractivity contribution in [2.24, 2.45) is 0 Å². The lowest BCUT2D eigenvalue weighted by Gasteiger charge is -2.17. The summed E-state index contributed by atoms with van der Waals surface area (Å²) in [6, 6.07) is 3.98. The third kappa shape index (κ3) is 3.32. The summed E-state index contributed by atoms with van der Waals surface area (Å²) in [5.74, 6) is -1.63. The summed E-state index contributed by atoms with van der Waals surface area (Å²) in [5, 5.41) is 10.7. The highest BCUT2D eigenvalue weighted by atomic mass is 32.1. The van der Waals surface area contributed by atoms with Crippen LogP contribution in [0.15, 0.2) is 17.5 Å². The molecule has 1 aromatic heterocycles. The fraction of sp³-hybridized carbons (Fsp3) is 0.538. The van der Waals surface area contributed by atoms with Crippen LogP contribution in [0.25, 0.3) is 0 Å². The van der Waals surface area contributed by atoms with Crippen molar-refractivity contribution in [2.75, 3.05) is 13.1 Å². The van der Waals surface area contributed by atoms with Crippen molar-refractivity contribution in [3.05, 3.63) is 22.4 Å². The van der Waals surface area contributed by atoms with E-state index < -0.39 is 11.6 Å². The molecule has 6 heteroatoms. The predicted molar refractivity (Wildman–Crippen MR) is 69.9 cm³/mol. The van der Waals surface area contributed by atoms with Gasteiger partial charge in [-0.2, -0.15) is 0 Å². The summed E-state index contributed by atoms with van der Waals surface area (Å²) < 4.78 is 13.8. The van der Waals surface area contributed by atoms with Crippen molar-refractivity contribution in [1.82, 2.24) is 4.90 Å². The third-order valence-corrected chi connectivity index (χ3v) is 4.29. The second-order valence-electron chi connectivity index (χ2n) is 4.77. The van der Waals surface area contributed by atoms with Gasteiger partial charge in [0.25, 0.3) is 0 Å². The van der Waals surface area contributed by atoms with E-state index in [9.17, 15) is 14.0 Å². The Bertz CT molecular complexity index is 462. The number of hydrogen-bond acceptors (Lipinski definition) is 3. The number of thiophene rings is 1. The van der Waals surface area contributed by atoms with Gasteiger partial charge in [0.2, 0.25) is 11.6 Å². The number of carbonyl (C=O) groups is 2. The van der Waals surface area contributed by atoms with E-state index >= 15 is 0 Å². The number of carboxylic acids is 1. The highest BCUT2D eigenvalue weighted by Gasteiger charge is 2.46. The zero-order valence-corrected chi connectivity index (χ0v) is 11.3. The van der Waals surface area contributed by atoms with Gasteiger partial charge in [0.05, 0.1) is 6.54 Å². The van der Waals surface area contributed by atoms with E-state index in [1.807, 2.05) is 17.5 Å². The number of carboxylic acid groups (broad SMARTS) is 1. The van der Waals surface area contributed by atoms with Crippen LogP contribution < -0.4 is 0 Å². The molecule has 1 atom stereocenters. The molecule has 1 saturated heterocycles. The Morgan fingerprint density at radius 1 is 1.53 bits per heavy atom. The molecule has 2 heterocycles. The minimum Gasteiger partial charge on any atom is -0.479 e. The maximum Gasteiger partial charge on any atom is 0.343 e. The molecule has 2 rings (SSSR count). The third-order valence-electron chi connectivity index (χ3n) is 3.35. The number of alkyl halides is 1. The molecule has 4 nitrogen and oxygen atoms in total. The first-order chi connectivity index (χ1) is 9.01. The van der Waals surface area contributed by atoms with Gasteiger partial charge in [0.1, 0.15) is 0 Å². The zero-order chi connectivity index (χ0) is 13.9. The Labute approximate surface area is 114 Å². The second-order valence-corrected chi connectivity index (χ2v) is 5.80. The van der Waals surface area contributed by atoms with Crippen LogP contribution in [0.5, 0.6) is 0 Å². The molecule has 0 spiro atoms. The highest BCUT2D eigenvalue weighted by molar-refractivity contribution is 7.09. The average molecular weight is 285 g/mol. The number of likely N-dealkylation sites (tertiary alicyclic amines) is 1. The second kappa shape index (κ2) is 5.69. The van der Waals surface area contributed by atoms with Crippen molar-refractivity contribution in [2.45, 2.75) is 31.4 Å². The molecule has 0 bridgehead atoms. The number of nitrogens with zero attached hydrogens (tertiary/aromatic N) is 1. The van der Waals surface area contributed by atoms with Crippen LogP contribution in [0, 0.1) is 0 Å². The monoisotopic (exact) mass is 285 g/mol.